The molecule has 8 heteroatoms. The lowest BCUT2D eigenvalue weighted by Gasteiger charge is -2.30. The maximum atomic E-state index is 12.0. The summed E-state index contributed by atoms with van der Waals surface area (Å²) >= 11 is 3.51. The molecule has 0 amide bonds. The summed E-state index contributed by atoms with van der Waals surface area (Å²) in [5, 5.41) is 3.38. The van der Waals surface area contributed by atoms with E-state index in [1.807, 2.05) is 12.1 Å². The molecule has 3 aromatic rings. The molecule has 140 valence electrons. The first kappa shape index (κ1) is 17.9. The van der Waals surface area contributed by atoms with E-state index in [-0.39, 0.29) is 11.7 Å². The van der Waals surface area contributed by atoms with Crippen molar-refractivity contribution in [3.63, 3.8) is 0 Å². The fourth-order valence-electron chi connectivity index (χ4n) is 3.47. The number of aryl methyl sites for hydroxylation is 1. The molecule has 0 aliphatic heterocycles. The van der Waals surface area contributed by atoms with Crippen molar-refractivity contribution in [2.24, 2.45) is 7.05 Å². The van der Waals surface area contributed by atoms with Gasteiger partial charge in [-0.05, 0) is 43.9 Å². The summed E-state index contributed by atoms with van der Waals surface area (Å²) in [5.41, 5.74) is 1.31. The Morgan fingerprint density at radius 1 is 1.15 bits per heavy atom. The maximum Gasteiger partial charge on any atom is 0.269 e. The predicted octanol–water partition coefficient (Wildman–Crippen LogP) is 3.29. The van der Waals surface area contributed by atoms with Crippen LogP contribution in [0, 0.1) is 0 Å². The van der Waals surface area contributed by atoms with Gasteiger partial charge in [-0.15, -0.1) is 0 Å². The number of anilines is 1. The van der Waals surface area contributed by atoms with Crippen molar-refractivity contribution < 1.29 is 4.74 Å². The van der Waals surface area contributed by atoms with Gasteiger partial charge in [-0.25, -0.2) is 15.0 Å². The Hall–Kier alpha value is -2.48. The van der Waals surface area contributed by atoms with Crippen molar-refractivity contribution in [3.8, 4) is 5.75 Å². The summed E-state index contributed by atoms with van der Waals surface area (Å²) in [7, 11) is 1.74. The molecule has 1 aliphatic carbocycles. The second-order valence-electron chi connectivity index (χ2n) is 6.74. The van der Waals surface area contributed by atoms with Gasteiger partial charge in [0, 0.05) is 30.0 Å². The summed E-state index contributed by atoms with van der Waals surface area (Å²) < 4.78 is 8.76. The maximum absolute atomic E-state index is 12.0. The minimum absolute atomic E-state index is 0.104. The lowest BCUT2D eigenvalue weighted by atomic mass is 9.93. The fourth-order valence-corrected chi connectivity index (χ4v) is 3.89. The van der Waals surface area contributed by atoms with Gasteiger partial charge in [-0.1, -0.05) is 15.9 Å². The van der Waals surface area contributed by atoms with Crippen molar-refractivity contribution in [3.05, 3.63) is 51.6 Å². The second kappa shape index (κ2) is 7.64. The molecule has 1 saturated carbocycles. The number of benzene rings is 1. The van der Waals surface area contributed by atoms with Crippen molar-refractivity contribution in [1.29, 1.82) is 0 Å². The molecule has 2 heterocycles. The van der Waals surface area contributed by atoms with E-state index in [4.69, 9.17) is 4.74 Å². The number of fused-ring (bicyclic) bond motifs is 1. The summed E-state index contributed by atoms with van der Waals surface area (Å²) in [6, 6.07) is 5.95. The molecule has 0 atom stereocenters. The molecule has 0 bridgehead atoms. The van der Waals surface area contributed by atoms with Gasteiger partial charge in [0.05, 0.1) is 17.8 Å². The molecule has 1 aromatic carbocycles. The molecule has 0 unspecified atom stereocenters. The summed E-state index contributed by atoms with van der Waals surface area (Å²) in [5.74, 6) is 1.36. The Bertz CT molecular complexity index is 1000. The first-order valence-electron chi connectivity index (χ1n) is 8.95. The van der Waals surface area contributed by atoms with E-state index >= 15 is 0 Å². The van der Waals surface area contributed by atoms with Crippen LogP contribution in [-0.4, -0.2) is 31.7 Å². The van der Waals surface area contributed by atoms with Crippen LogP contribution in [0.1, 0.15) is 25.7 Å². The average Bonchev–Trinajstić information content (AvgIpc) is 2.67. The Morgan fingerprint density at radius 2 is 1.89 bits per heavy atom. The Balaban J connectivity index is 1.48. The van der Waals surface area contributed by atoms with Gasteiger partial charge in [0.1, 0.15) is 11.3 Å². The van der Waals surface area contributed by atoms with E-state index in [0.29, 0.717) is 17.7 Å². The van der Waals surface area contributed by atoms with E-state index in [1.165, 1.54) is 6.20 Å². The van der Waals surface area contributed by atoms with Crippen LogP contribution in [0.5, 0.6) is 5.75 Å². The normalized spacial score (nSPS) is 19.8. The van der Waals surface area contributed by atoms with Gasteiger partial charge in [-0.2, -0.15) is 0 Å². The van der Waals surface area contributed by atoms with E-state index in [1.54, 1.807) is 30.1 Å². The van der Waals surface area contributed by atoms with Crippen molar-refractivity contribution in [2.45, 2.75) is 37.8 Å². The average molecular weight is 430 g/mol. The molecule has 1 aliphatic rings. The second-order valence-corrected chi connectivity index (χ2v) is 7.65. The van der Waals surface area contributed by atoms with Crippen molar-refractivity contribution >= 4 is 32.9 Å². The van der Waals surface area contributed by atoms with Gasteiger partial charge in [0.25, 0.3) is 5.56 Å². The third-order valence-corrected chi connectivity index (χ3v) is 5.32. The smallest absolute Gasteiger partial charge is 0.269 e. The van der Waals surface area contributed by atoms with Gasteiger partial charge in [0.2, 0.25) is 5.95 Å². The van der Waals surface area contributed by atoms with Gasteiger partial charge in [-0.3, -0.25) is 4.79 Å². The third-order valence-electron chi connectivity index (χ3n) is 4.87. The Morgan fingerprint density at radius 3 is 2.63 bits per heavy atom. The zero-order valence-corrected chi connectivity index (χ0v) is 16.5. The number of halogens is 1. The van der Waals surface area contributed by atoms with Crippen LogP contribution >= 0.6 is 15.9 Å². The monoisotopic (exact) mass is 429 g/mol. The largest absolute Gasteiger partial charge is 0.488 e. The lowest BCUT2D eigenvalue weighted by molar-refractivity contribution is 0.151. The van der Waals surface area contributed by atoms with Crippen LogP contribution < -0.4 is 15.6 Å². The highest BCUT2D eigenvalue weighted by Crippen LogP contribution is 2.31. The van der Waals surface area contributed by atoms with E-state index in [9.17, 15) is 4.79 Å². The molecule has 1 fully saturated rings. The van der Waals surface area contributed by atoms with Crippen LogP contribution in [0.25, 0.3) is 11.0 Å². The highest BCUT2D eigenvalue weighted by molar-refractivity contribution is 9.10. The van der Waals surface area contributed by atoms with Gasteiger partial charge in [0.15, 0.2) is 0 Å². The van der Waals surface area contributed by atoms with Crippen LogP contribution in [0.2, 0.25) is 0 Å². The fraction of sp³-hybridized carbons (Fsp3) is 0.368. The van der Waals surface area contributed by atoms with Crippen molar-refractivity contribution in [2.75, 3.05) is 5.32 Å². The zero-order valence-electron chi connectivity index (χ0n) is 14.9. The summed E-state index contributed by atoms with van der Waals surface area (Å²) in [4.78, 5) is 24.7. The minimum atomic E-state index is -0.148. The lowest BCUT2D eigenvalue weighted by Crippen LogP contribution is -2.32. The topological polar surface area (TPSA) is 81.9 Å². The standard InChI is InChI=1S/C19H20BrN5O2/c1-25-17(26)11-23-15-9-12(20)10-16(18(15)25)27-14-5-3-13(4-6-14)24-19-21-7-2-8-22-19/h2,7-11,13-14H,3-6H2,1H3,(H,21,22,24)/t13-,14+. The molecule has 27 heavy (non-hydrogen) atoms. The number of hydrogen-bond acceptors (Lipinski definition) is 6. The molecular formula is C19H20BrN5O2. The van der Waals surface area contributed by atoms with Gasteiger partial charge >= 0.3 is 0 Å². The molecule has 0 radical (unpaired) electrons. The number of nitrogens with one attached hydrogen (secondary N) is 1. The number of aromatic nitrogens is 4. The molecule has 0 saturated heterocycles. The third kappa shape index (κ3) is 3.95. The molecule has 7 nitrogen and oxygen atoms in total. The predicted molar refractivity (Wildman–Crippen MR) is 107 cm³/mol. The van der Waals surface area contributed by atoms with E-state index in [2.05, 4.69) is 36.2 Å². The molecule has 4 rings (SSSR count). The molecule has 0 spiro atoms. The van der Waals surface area contributed by atoms with Crippen LogP contribution in [0.15, 0.2) is 46.1 Å². The highest BCUT2D eigenvalue weighted by atomic mass is 79.9. The Labute approximate surface area is 164 Å². The number of ether oxygens (including phenoxy) is 1. The Kier molecular flexibility index (Phi) is 5.07. The first-order chi connectivity index (χ1) is 13.1. The van der Waals surface area contributed by atoms with Crippen molar-refractivity contribution in [1.82, 2.24) is 19.5 Å². The minimum Gasteiger partial charge on any atom is -0.488 e. The van der Waals surface area contributed by atoms with E-state index < -0.39 is 0 Å². The SMILES string of the molecule is Cn1c(=O)cnc2cc(Br)cc(O[C@H]3CC[C@@H](Nc4ncccn4)CC3)c21. The highest BCUT2D eigenvalue weighted by Gasteiger charge is 2.24. The van der Waals surface area contributed by atoms with Crippen LogP contribution in [0.4, 0.5) is 5.95 Å². The van der Waals surface area contributed by atoms with Gasteiger partial charge < -0.3 is 14.6 Å². The number of hydrogen-bond donors (Lipinski definition) is 1. The first-order valence-corrected chi connectivity index (χ1v) is 9.75. The van der Waals surface area contributed by atoms with E-state index in [0.717, 1.165) is 41.2 Å². The number of rotatable bonds is 4. The van der Waals surface area contributed by atoms with Crippen LogP contribution in [0.3, 0.4) is 0 Å². The molecule has 1 N–H and O–H groups in total. The quantitative estimate of drug-likeness (QED) is 0.684. The number of nitrogens with zero attached hydrogens (tertiary/aromatic N) is 4. The zero-order chi connectivity index (χ0) is 18.8. The molecular weight excluding hydrogens is 410 g/mol. The summed E-state index contributed by atoms with van der Waals surface area (Å²) in [6.07, 6.45) is 8.72. The van der Waals surface area contributed by atoms with Crippen LogP contribution in [-0.2, 0) is 7.05 Å². The summed E-state index contributed by atoms with van der Waals surface area (Å²) in [6.45, 7) is 0. The molecule has 2 aromatic heterocycles.